The first-order valence-electron chi connectivity index (χ1n) is 12.5. The number of carbonyl (C=O) groups excluding carboxylic acids is 4. The largest absolute Gasteiger partial charge is 0.465 e. The number of rotatable bonds is 4. The van der Waals surface area contributed by atoms with Gasteiger partial charge in [0.25, 0.3) is 0 Å². The lowest BCUT2D eigenvalue weighted by molar-refractivity contribution is -0.123. The molecule has 2 saturated heterocycles. The van der Waals surface area contributed by atoms with E-state index in [0.29, 0.717) is 17.1 Å². The van der Waals surface area contributed by atoms with Crippen LogP contribution in [0.1, 0.15) is 37.9 Å². The van der Waals surface area contributed by atoms with Gasteiger partial charge in [-0.25, -0.2) is 9.69 Å². The molecule has 39 heavy (non-hydrogen) atoms. The smallest absolute Gasteiger partial charge is 0.339 e. The second-order valence-corrected chi connectivity index (χ2v) is 9.79. The molecule has 0 saturated carbocycles. The maximum absolute atomic E-state index is 14.2. The molecule has 194 valence electrons. The van der Waals surface area contributed by atoms with Gasteiger partial charge in [-0.15, -0.1) is 0 Å². The van der Waals surface area contributed by atoms with Gasteiger partial charge < -0.3 is 19.1 Å². The van der Waals surface area contributed by atoms with Crippen LogP contribution in [-0.4, -0.2) is 48.4 Å². The van der Waals surface area contributed by atoms with Gasteiger partial charge in [-0.05, 0) is 47.5 Å². The van der Waals surface area contributed by atoms with Gasteiger partial charge in [-0.1, -0.05) is 36.4 Å². The summed E-state index contributed by atoms with van der Waals surface area (Å²) in [7, 11) is 1.24. The number of hydrogen-bond acceptors (Lipinski definition) is 8. The molecule has 4 heterocycles. The summed E-state index contributed by atoms with van der Waals surface area (Å²) >= 11 is 0. The van der Waals surface area contributed by atoms with Crippen molar-refractivity contribution in [1.82, 2.24) is 4.90 Å². The van der Waals surface area contributed by atoms with Crippen molar-refractivity contribution in [2.45, 2.75) is 12.1 Å². The van der Waals surface area contributed by atoms with Crippen LogP contribution in [0.25, 0.3) is 6.08 Å². The van der Waals surface area contributed by atoms with Gasteiger partial charge in [0.1, 0.15) is 6.04 Å². The number of methoxy groups -OCH3 is 1. The minimum Gasteiger partial charge on any atom is -0.465 e. The molecule has 0 bridgehead atoms. The summed E-state index contributed by atoms with van der Waals surface area (Å²) in [4.78, 5) is 57.9. The topological polar surface area (TPSA) is 102 Å². The van der Waals surface area contributed by atoms with Crippen LogP contribution in [0.4, 0.5) is 5.69 Å². The molecule has 0 unspecified atom stereocenters. The average Bonchev–Trinajstić information content (AvgIpc) is 3.65. The second kappa shape index (κ2) is 8.56. The maximum Gasteiger partial charge on any atom is 0.339 e. The Kier molecular flexibility index (Phi) is 5.09. The zero-order chi connectivity index (χ0) is 26.8. The summed E-state index contributed by atoms with van der Waals surface area (Å²) in [6.45, 7) is 0.0659. The van der Waals surface area contributed by atoms with Gasteiger partial charge in [0.2, 0.25) is 18.6 Å². The van der Waals surface area contributed by atoms with Crippen molar-refractivity contribution < 1.29 is 33.4 Å². The highest BCUT2D eigenvalue weighted by atomic mass is 16.7. The summed E-state index contributed by atoms with van der Waals surface area (Å²) in [6.07, 6.45) is 3.69. The molecule has 0 spiro atoms. The van der Waals surface area contributed by atoms with E-state index in [1.54, 1.807) is 42.6 Å². The van der Waals surface area contributed by atoms with E-state index < -0.39 is 41.7 Å². The van der Waals surface area contributed by atoms with Gasteiger partial charge >= 0.3 is 5.97 Å². The Morgan fingerprint density at radius 3 is 2.49 bits per heavy atom. The van der Waals surface area contributed by atoms with Crippen molar-refractivity contribution in [3.05, 3.63) is 95.2 Å². The predicted molar refractivity (Wildman–Crippen MR) is 138 cm³/mol. The first-order valence-corrected chi connectivity index (χ1v) is 12.5. The normalized spacial score (nSPS) is 23.9. The highest BCUT2D eigenvalue weighted by Crippen LogP contribution is 2.54. The average molecular weight is 523 g/mol. The highest BCUT2D eigenvalue weighted by Gasteiger charge is 2.64. The van der Waals surface area contributed by atoms with Crippen molar-refractivity contribution in [2.24, 2.45) is 11.8 Å². The van der Waals surface area contributed by atoms with Crippen LogP contribution in [0.2, 0.25) is 0 Å². The van der Waals surface area contributed by atoms with Crippen molar-refractivity contribution in [3.63, 3.8) is 0 Å². The fourth-order valence-electron chi connectivity index (χ4n) is 6.27. The molecule has 3 aromatic rings. The Balaban J connectivity index is 1.37. The van der Waals surface area contributed by atoms with Crippen LogP contribution in [0.3, 0.4) is 0 Å². The van der Waals surface area contributed by atoms with Crippen LogP contribution in [0, 0.1) is 11.8 Å². The molecule has 0 radical (unpaired) electrons. The van der Waals surface area contributed by atoms with Crippen molar-refractivity contribution in [3.8, 4) is 11.5 Å². The van der Waals surface area contributed by atoms with Gasteiger partial charge in [0, 0.05) is 11.8 Å². The molecule has 4 aliphatic rings. The van der Waals surface area contributed by atoms with Crippen molar-refractivity contribution in [2.75, 3.05) is 18.8 Å². The number of hydrogen-bond donors (Lipinski definition) is 0. The summed E-state index contributed by atoms with van der Waals surface area (Å²) in [6, 6.07) is 17.4. The van der Waals surface area contributed by atoms with Crippen LogP contribution in [0.5, 0.6) is 11.5 Å². The number of fused-ring (bicyclic) bond motifs is 6. The number of Topliss-reactive ketones (excluding diaryl/α,β-unsaturated/α-hetero) is 1. The fourth-order valence-corrected chi connectivity index (χ4v) is 6.27. The number of ketones is 1. The summed E-state index contributed by atoms with van der Waals surface area (Å²) in [5, 5.41) is 0. The number of benzene rings is 3. The fraction of sp³-hybridized carbons (Fsp3) is 0.200. The van der Waals surface area contributed by atoms with Crippen LogP contribution >= 0.6 is 0 Å². The summed E-state index contributed by atoms with van der Waals surface area (Å²) < 4.78 is 15.8. The molecular weight excluding hydrogens is 500 g/mol. The molecule has 0 aromatic heterocycles. The number of para-hydroxylation sites is 1. The number of nitrogens with zero attached hydrogens (tertiary/aromatic N) is 2. The molecule has 7 rings (SSSR count). The van der Waals surface area contributed by atoms with Crippen LogP contribution in [0.15, 0.2) is 72.9 Å². The minimum atomic E-state index is -0.970. The van der Waals surface area contributed by atoms with Crippen molar-refractivity contribution in [1.29, 1.82) is 0 Å². The zero-order valence-electron chi connectivity index (χ0n) is 20.8. The molecular formula is C30H22N2O7. The molecule has 3 aromatic carbocycles. The Labute approximate surface area is 223 Å². The standard InChI is InChI=1S/C30H22N2O7/c1-37-30(36)19-8-4-5-9-20(19)32-28(34)23-24(29(32)35)26(27(33)17-10-11-21-22(14-17)39-15-38-21)31-13-12-16-6-2-3-7-18(16)25(23)31/h2-14,23-26H,15H2,1H3/t23-,24+,25+,26-/m0/s1. The Morgan fingerprint density at radius 1 is 0.897 bits per heavy atom. The van der Waals surface area contributed by atoms with E-state index in [0.717, 1.165) is 16.0 Å². The molecule has 2 amide bonds. The van der Waals surface area contributed by atoms with E-state index in [1.807, 2.05) is 35.2 Å². The lowest BCUT2D eigenvalue weighted by Crippen LogP contribution is -2.44. The van der Waals surface area contributed by atoms with E-state index >= 15 is 0 Å². The third-order valence-corrected chi connectivity index (χ3v) is 7.94. The third kappa shape index (κ3) is 3.26. The number of ether oxygens (including phenoxy) is 3. The van der Waals surface area contributed by atoms with Crippen LogP contribution < -0.4 is 14.4 Å². The van der Waals surface area contributed by atoms with Crippen LogP contribution in [-0.2, 0) is 14.3 Å². The summed E-state index contributed by atoms with van der Waals surface area (Å²) in [5.41, 5.74) is 2.38. The highest BCUT2D eigenvalue weighted by molar-refractivity contribution is 6.26. The Hall–Kier alpha value is -4.92. The first kappa shape index (κ1) is 23.2. The van der Waals surface area contributed by atoms with Gasteiger partial charge in [0.05, 0.1) is 36.2 Å². The van der Waals surface area contributed by atoms with Gasteiger partial charge in [-0.2, -0.15) is 0 Å². The second-order valence-electron chi connectivity index (χ2n) is 9.79. The molecule has 2 fully saturated rings. The maximum atomic E-state index is 14.2. The predicted octanol–water partition coefficient (Wildman–Crippen LogP) is 3.60. The van der Waals surface area contributed by atoms with E-state index in [4.69, 9.17) is 14.2 Å². The molecule has 9 heteroatoms. The lowest BCUT2D eigenvalue weighted by Gasteiger charge is -2.35. The zero-order valence-corrected chi connectivity index (χ0v) is 20.8. The van der Waals surface area contributed by atoms with Crippen molar-refractivity contribution >= 4 is 35.3 Å². The number of anilines is 1. The molecule has 4 aliphatic heterocycles. The lowest BCUT2D eigenvalue weighted by atomic mass is 9.83. The number of imide groups is 1. The first-order chi connectivity index (χ1) is 19.0. The molecule has 4 atom stereocenters. The monoisotopic (exact) mass is 522 g/mol. The van der Waals surface area contributed by atoms with Gasteiger partial charge in [0.15, 0.2) is 17.3 Å². The minimum absolute atomic E-state index is 0.0659. The number of esters is 1. The molecule has 0 N–H and O–H groups in total. The molecule has 9 nitrogen and oxygen atoms in total. The quantitative estimate of drug-likeness (QED) is 0.291. The van der Waals surface area contributed by atoms with E-state index in [9.17, 15) is 19.2 Å². The van der Waals surface area contributed by atoms with E-state index in [1.165, 1.54) is 13.2 Å². The summed E-state index contributed by atoms with van der Waals surface area (Å²) in [5.74, 6) is -2.77. The number of carbonyl (C=O) groups is 4. The Morgan fingerprint density at radius 2 is 1.64 bits per heavy atom. The molecule has 0 aliphatic carbocycles. The van der Waals surface area contributed by atoms with E-state index in [-0.39, 0.29) is 23.8 Å². The third-order valence-electron chi connectivity index (χ3n) is 7.94. The SMILES string of the molecule is COC(=O)c1ccccc1N1C(=O)[C@@H]2[C@H](C1=O)[C@H]1c3ccccc3C=CN1[C@@H]2C(=O)c1ccc2c(c1)OCO2. The number of amides is 2. The Bertz CT molecular complexity index is 1610. The van der Waals surface area contributed by atoms with E-state index in [2.05, 4.69) is 0 Å². The van der Waals surface area contributed by atoms with Gasteiger partial charge in [-0.3, -0.25) is 14.4 Å².